The molecule has 2 rings (SSSR count). The molecule has 0 radical (unpaired) electrons. The van der Waals surface area contributed by atoms with Crippen LogP contribution in [0.25, 0.3) is 0 Å². The lowest BCUT2D eigenvalue weighted by molar-refractivity contribution is -0.137. The lowest BCUT2D eigenvalue weighted by Gasteiger charge is -2.15. The van der Waals surface area contributed by atoms with Crippen LogP contribution in [0.15, 0.2) is 48.5 Å². The number of carbonyl (C=O) groups is 1. The number of amides is 1. The van der Waals surface area contributed by atoms with E-state index in [1.807, 2.05) is 43.3 Å². The predicted molar refractivity (Wildman–Crippen MR) is 86.4 cm³/mol. The molecule has 24 heavy (non-hydrogen) atoms. The minimum Gasteiger partial charge on any atom is -0.348 e. The topological polar surface area (TPSA) is 32.3 Å². The fourth-order valence-electron chi connectivity index (χ4n) is 2.31. The van der Waals surface area contributed by atoms with Crippen molar-refractivity contribution in [3.63, 3.8) is 0 Å². The van der Waals surface area contributed by atoms with Gasteiger partial charge in [0.15, 0.2) is 0 Å². The van der Waals surface area contributed by atoms with Gasteiger partial charge in [0.05, 0.1) is 5.56 Å². The number of nitrogens with one attached hydrogen (secondary N) is 1. The smallest absolute Gasteiger partial charge is 0.348 e. The molecule has 0 saturated heterocycles. The highest BCUT2D eigenvalue weighted by molar-refractivity contribution is 5.94. The van der Waals surface area contributed by atoms with Gasteiger partial charge >= 0.3 is 6.18 Å². The van der Waals surface area contributed by atoms with Gasteiger partial charge in [-0.05, 0) is 49.5 Å². The summed E-state index contributed by atoms with van der Waals surface area (Å²) in [5, 5.41) is 2.75. The third-order valence-electron chi connectivity index (χ3n) is 3.52. The second-order valence-corrected chi connectivity index (χ2v) is 5.76. The maximum atomic E-state index is 12.5. The highest BCUT2D eigenvalue weighted by atomic mass is 19.4. The lowest BCUT2D eigenvalue weighted by atomic mass is 10.1. The lowest BCUT2D eigenvalue weighted by Crippen LogP contribution is -2.24. The van der Waals surface area contributed by atoms with Gasteiger partial charge in [-0.3, -0.25) is 4.79 Å². The summed E-state index contributed by atoms with van der Waals surface area (Å²) in [5.74, 6) is -0.400. The second-order valence-electron chi connectivity index (χ2n) is 5.76. The van der Waals surface area contributed by atoms with Crippen molar-refractivity contribution in [2.75, 3.05) is 14.1 Å². The Balaban J connectivity index is 2.03. The summed E-state index contributed by atoms with van der Waals surface area (Å²) in [5.41, 5.74) is 1.50. The molecule has 0 aliphatic heterocycles. The molecule has 0 heterocycles. The van der Waals surface area contributed by atoms with Crippen molar-refractivity contribution in [2.24, 2.45) is 0 Å². The predicted octanol–water partition coefficient (Wildman–Crippen LogP) is 3.70. The first-order valence-corrected chi connectivity index (χ1v) is 7.44. The van der Waals surface area contributed by atoms with Crippen LogP contribution in [-0.2, 0) is 19.3 Å². The van der Waals surface area contributed by atoms with Gasteiger partial charge in [0.2, 0.25) is 0 Å². The zero-order valence-electron chi connectivity index (χ0n) is 13.5. The molecule has 1 N–H and O–H groups in total. The fraction of sp³-hybridized carbons (Fsp3) is 0.278. The van der Waals surface area contributed by atoms with Gasteiger partial charge in [-0.1, -0.05) is 24.3 Å². The molecule has 0 saturated carbocycles. The number of carbonyl (C=O) groups excluding carboxylic acids is 1. The van der Waals surface area contributed by atoms with E-state index in [1.165, 1.54) is 12.1 Å². The van der Waals surface area contributed by atoms with Gasteiger partial charge in [0, 0.05) is 18.7 Å². The molecule has 0 unspecified atom stereocenters. The molecule has 128 valence electrons. The van der Waals surface area contributed by atoms with Gasteiger partial charge < -0.3 is 10.2 Å². The maximum absolute atomic E-state index is 12.5. The molecule has 2 aromatic rings. The molecule has 2 aromatic carbocycles. The van der Waals surface area contributed by atoms with Crippen LogP contribution >= 0.6 is 0 Å². The molecule has 0 aliphatic carbocycles. The number of rotatable bonds is 5. The first kappa shape index (κ1) is 18.0. The van der Waals surface area contributed by atoms with E-state index >= 15 is 0 Å². The Kier molecular flexibility index (Phi) is 5.62. The highest BCUT2D eigenvalue weighted by Gasteiger charge is 2.30. The van der Waals surface area contributed by atoms with E-state index in [-0.39, 0.29) is 5.56 Å². The number of hydrogen-bond donors (Lipinski definition) is 1. The zero-order chi connectivity index (χ0) is 17.7. The van der Waals surface area contributed by atoms with Gasteiger partial charge in [0.1, 0.15) is 0 Å². The summed E-state index contributed by atoms with van der Waals surface area (Å²) in [7, 11) is 3.91. The molecule has 6 heteroatoms. The van der Waals surface area contributed by atoms with Crippen molar-refractivity contribution in [3.8, 4) is 0 Å². The molecule has 0 fully saturated rings. The average molecular weight is 336 g/mol. The Morgan fingerprint density at radius 1 is 1.00 bits per heavy atom. The van der Waals surface area contributed by atoms with E-state index < -0.39 is 17.6 Å². The minimum absolute atomic E-state index is 0.202. The molecule has 0 bridgehead atoms. The highest BCUT2D eigenvalue weighted by Crippen LogP contribution is 2.29. The van der Waals surface area contributed by atoms with Gasteiger partial charge in [-0.15, -0.1) is 0 Å². The Bertz CT molecular complexity index is 694. The molecule has 0 aliphatic rings. The van der Waals surface area contributed by atoms with Crippen molar-refractivity contribution in [3.05, 3.63) is 70.8 Å². The van der Waals surface area contributed by atoms with E-state index in [2.05, 4.69) is 5.32 Å². The molecular weight excluding hydrogens is 317 g/mol. The van der Waals surface area contributed by atoms with Crippen LogP contribution in [0, 0.1) is 0 Å². The minimum atomic E-state index is -4.40. The van der Waals surface area contributed by atoms with Gasteiger partial charge in [-0.2, -0.15) is 13.2 Å². The number of hydrogen-bond acceptors (Lipinski definition) is 2. The maximum Gasteiger partial charge on any atom is 0.416 e. The van der Waals surface area contributed by atoms with Gasteiger partial charge in [-0.25, -0.2) is 0 Å². The first-order valence-electron chi connectivity index (χ1n) is 7.44. The summed E-state index contributed by atoms with van der Waals surface area (Å²) >= 11 is 0. The fourth-order valence-corrected chi connectivity index (χ4v) is 2.31. The number of halogens is 3. The second kappa shape index (κ2) is 7.49. The van der Waals surface area contributed by atoms with E-state index in [1.54, 1.807) is 0 Å². The van der Waals surface area contributed by atoms with Crippen molar-refractivity contribution in [1.29, 1.82) is 0 Å². The molecular formula is C18H19F3N2O. The third kappa shape index (κ3) is 4.83. The van der Waals surface area contributed by atoms with Gasteiger partial charge in [0.25, 0.3) is 5.91 Å². The number of alkyl halides is 3. The normalized spacial score (nSPS) is 11.6. The Labute approximate surface area is 139 Å². The monoisotopic (exact) mass is 336 g/mol. The standard InChI is InChI=1S/C18H19F3N2O/c1-23(2)12-15-6-4-3-5-14(15)11-22-17(24)13-7-9-16(10-8-13)18(19,20)21/h3-10H,11-12H2,1-2H3,(H,22,24). The third-order valence-corrected chi connectivity index (χ3v) is 3.52. The van der Waals surface area contributed by atoms with Crippen LogP contribution in [0.4, 0.5) is 13.2 Å². The molecule has 0 spiro atoms. The van der Waals surface area contributed by atoms with Crippen LogP contribution in [0.5, 0.6) is 0 Å². The van der Waals surface area contributed by atoms with Crippen molar-refractivity contribution >= 4 is 5.91 Å². The average Bonchev–Trinajstić information content (AvgIpc) is 2.52. The van der Waals surface area contributed by atoms with Crippen LogP contribution in [0.2, 0.25) is 0 Å². The molecule has 3 nitrogen and oxygen atoms in total. The Hall–Kier alpha value is -2.34. The van der Waals surface area contributed by atoms with Crippen molar-refractivity contribution in [1.82, 2.24) is 10.2 Å². The van der Waals surface area contributed by atoms with Crippen molar-refractivity contribution < 1.29 is 18.0 Å². The summed E-state index contributed by atoms with van der Waals surface area (Å²) in [6.45, 7) is 1.07. The summed E-state index contributed by atoms with van der Waals surface area (Å²) < 4.78 is 37.6. The molecule has 0 aromatic heterocycles. The van der Waals surface area contributed by atoms with Crippen LogP contribution in [-0.4, -0.2) is 24.9 Å². The van der Waals surface area contributed by atoms with E-state index in [0.717, 1.165) is 29.8 Å². The summed E-state index contributed by atoms with van der Waals surface area (Å²) in [4.78, 5) is 14.1. The SMILES string of the molecule is CN(C)Cc1ccccc1CNC(=O)c1ccc(C(F)(F)F)cc1. The van der Waals surface area contributed by atoms with Crippen molar-refractivity contribution in [2.45, 2.75) is 19.3 Å². The summed E-state index contributed by atoms with van der Waals surface area (Å²) in [6.07, 6.45) is -4.40. The Morgan fingerprint density at radius 2 is 1.58 bits per heavy atom. The van der Waals surface area contributed by atoms with E-state index in [4.69, 9.17) is 0 Å². The van der Waals surface area contributed by atoms with Crippen LogP contribution < -0.4 is 5.32 Å². The van der Waals surface area contributed by atoms with E-state index in [0.29, 0.717) is 6.54 Å². The van der Waals surface area contributed by atoms with Crippen LogP contribution in [0.1, 0.15) is 27.0 Å². The molecule has 0 atom stereocenters. The number of nitrogens with zero attached hydrogens (tertiary/aromatic N) is 1. The summed E-state index contributed by atoms with van der Waals surface area (Å²) in [6, 6.07) is 11.9. The van der Waals surface area contributed by atoms with Crippen LogP contribution in [0.3, 0.4) is 0 Å². The largest absolute Gasteiger partial charge is 0.416 e. The quantitative estimate of drug-likeness (QED) is 0.903. The van der Waals surface area contributed by atoms with E-state index in [9.17, 15) is 18.0 Å². The zero-order valence-corrected chi connectivity index (χ0v) is 13.5. The molecule has 1 amide bonds. The Morgan fingerprint density at radius 3 is 2.12 bits per heavy atom. The first-order chi connectivity index (χ1) is 11.3. The number of benzene rings is 2.